The van der Waals surface area contributed by atoms with Crippen LogP contribution >= 0.6 is 0 Å². The summed E-state index contributed by atoms with van der Waals surface area (Å²) in [5.74, 6) is 0.197. The van der Waals surface area contributed by atoms with E-state index in [-0.39, 0.29) is 5.91 Å². The minimum atomic E-state index is 0.197. The van der Waals surface area contributed by atoms with Crippen molar-refractivity contribution in [2.75, 3.05) is 47.1 Å². The van der Waals surface area contributed by atoms with Crippen molar-refractivity contribution >= 4 is 5.91 Å². The Hall–Kier alpha value is -0.650. The van der Waals surface area contributed by atoms with Crippen LogP contribution in [0, 0.1) is 0 Å². The molecule has 0 spiro atoms. The molecule has 1 rings (SSSR count). The van der Waals surface area contributed by atoms with Gasteiger partial charge < -0.3 is 19.7 Å². The Morgan fingerprint density at radius 2 is 2.24 bits per heavy atom. The first-order valence-corrected chi connectivity index (χ1v) is 6.29. The van der Waals surface area contributed by atoms with Gasteiger partial charge in [-0.15, -0.1) is 0 Å². The van der Waals surface area contributed by atoms with E-state index in [9.17, 15) is 4.79 Å². The smallest absolute Gasteiger partial charge is 0.224 e. The molecule has 0 bridgehead atoms. The fraction of sp³-hybridized carbons (Fsp3) is 0.917. The highest BCUT2D eigenvalue weighted by Gasteiger charge is 2.21. The summed E-state index contributed by atoms with van der Waals surface area (Å²) in [6, 6.07) is 0.446. The van der Waals surface area contributed by atoms with Gasteiger partial charge in [0.25, 0.3) is 0 Å². The highest BCUT2D eigenvalue weighted by Crippen LogP contribution is 2.10. The van der Waals surface area contributed by atoms with Gasteiger partial charge in [0, 0.05) is 26.2 Å². The fourth-order valence-electron chi connectivity index (χ4n) is 2.00. The summed E-state index contributed by atoms with van der Waals surface area (Å²) in [5, 5.41) is 3.23. The number of likely N-dealkylation sites (N-methyl/N-ethyl adjacent to an activating group) is 1. The average Bonchev–Trinajstić information content (AvgIpc) is 2.38. The second kappa shape index (κ2) is 8.44. The Bertz CT molecular complexity index is 224. The van der Waals surface area contributed by atoms with Crippen LogP contribution in [0.2, 0.25) is 0 Å². The van der Waals surface area contributed by atoms with E-state index >= 15 is 0 Å². The van der Waals surface area contributed by atoms with Crippen LogP contribution in [0.4, 0.5) is 0 Å². The van der Waals surface area contributed by atoms with Gasteiger partial charge in [0.1, 0.15) is 0 Å². The number of amides is 1. The van der Waals surface area contributed by atoms with Crippen LogP contribution in [0.1, 0.15) is 19.3 Å². The summed E-state index contributed by atoms with van der Waals surface area (Å²) in [6.45, 7) is 3.34. The predicted octanol–water partition coefficient (Wildman–Crippen LogP) is 0.250. The number of nitrogens with zero attached hydrogens (tertiary/aromatic N) is 1. The zero-order valence-electron chi connectivity index (χ0n) is 10.9. The van der Waals surface area contributed by atoms with Gasteiger partial charge >= 0.3 is 0 Å². The quantitative estimate of drug-likeness (QED) is 0.652. The zero-order chi connectivity index (χ0) is 12.5. The summed E-state index contributed by atoms with van der Waals surface area (Å²) in [6.07, 6.45) is 2.71. The van der Waals surface area contributed by atoms with Gasteiger partial charge in [-0.1, -0.05) is 0 Å². The molecular weight excluding hydrogens is 220 g/mol. The molecule has 0 aromatic rings. The molecule has 1 aliphatic heterocycles. The lowest BCUT2D eigenvalue weighted by Gasteiger charge is -2.32. The third-order valence-corrected chi connectivity index (χ3v) is 3.07. The topological polar surface area (TPSA) is 50.8 Å². The maximum Gasteiger partial charge on any atom is 0.224 e. The molecule has 1 amide bonds. The van der Waals surface area contributed by atoms with Crippen molar-refractivity contribution in [3.63, 3.8) is 0 Å². The number of rotatable bonds is 7. The van der Waals surface area contributed by atoms with E-state index in [1.54, 1.807) is 7.11 Å². The third kappa shape index (κ3) is 5.48. The van der Waals surface area contributed by atoms with Crippen molar-refractivity contribution in [3.8, 4) is 0 Å². The van der Waals surface area contributed by atoms with E-state index in [0.29, 0.717) is 32.3 Å². The molecule has 100 valence electrons. The lowest BCUT2D eigenvalue weighted by Crippen LogP contribution is -2.47. The van der Waals surface area contributed by atoms with Crippen LogP contribution in [-0.4, -0.2) is 63.9 Å². The third-order valence-electron chi connectivity index (χ3n) is 3.07. The molecule has 1 fully saturated rings. The molecule has 5 nitrogen and oxygen atoms in total. The van der Waals surface area contributed by atoms with E-state index in [0.717, 1.165) is 25.9 Å². The summed E-state index contributed by atoms with van der Waals surface area (Å²) in [7, 11) is 3.59. The zero-order valence-corrected chi connectivity index (χ0v) is 10.9. The summed E-state index contributed by atoms with van der Waals surface area (Å²) in [4.78, 5) is 13.8. The van der Waals surface area contributed by atoms with Crippen molar-refractivity contribution in [2.45, 2.75) is 25.3 Å². The second-order valence-corrected chi connectivity index (χ2v) is 4.32. The van der Waals surface area contributed by atoms with Crippen LogP contribution in [0.25, 0.3) is 0 Å². The Morgan fingerprint density at radius 1 is 1.41 bits per heavy atom. The minimum absolute atomic E-state index is 0.197. The van der Waals surface area contributed by atoms with Crippen LogP contribution < -0.4 is 5.32 Å². The number of methoxy groups -OCH3 is 1. The van der Waals surface area contributed by atoms with Gasteiger partial charge in [-0.25, -0.2) is 0 Å². The predicted molar refractivity (Wildman–Crippen MR) is 66.0 cm³/mol. The Kier molecular flexibility index (Phi) is 7.16. The molecule has 1 unspecified atom stereocenters. The first-order chi connectivity index (χ1) is 8.27. The molecule has 0 aromatic heterocycles. The van der Waals surface area contributed by atoms with Crippen LogP contribution in [0.5, 0.6) is 0 Å². The van der Waals surface area contributed by atoms with Crippen molar-refractivity contribution in [3.05, 3.63) is 0 Å². The molecule has 5 heteroatoms. The van der Waals surface area contributed by atoms with Gasteiger partial charge in [0.05, 0.1) is 26.2 Å². The Balaban J connectivity index is 2.14. The lowest BCUT2D eigenvalue weighted by molar-refractivity contribution is -0.133. The summed E-state index contributed by atoms with van der Waals surface area (Å²) < 4.78 is 10.2. The minimum Gasteiger partial charge on any atom is -0.382 e. The number of hydrogen-bond donors (Lipinski definition) is 1. The number of carbonyl (C=O) groups excluding carboxylic acids is 1. The molecule has 1 saturated heterocycles. The van der Waals surface area contributed by atoms with Gasteiger partial charge in [-0.05, 0) is 19.9 Å². The van der Waals surface area contributed by atoms with Crippen molar-refractivity contribution < 1.29 is 14.3 Å². The molecule has 0 aliphatic carbocycles. The van der Waals surface area contributed by atoms with Crippen LogP contribution in [0.15, 0.2) is 0 Å². The fourth-order valence-corrected chi connectivity index (χ4v) is 2.00. The lowest BCUT2D eigenvalue weighted by atomic mass is 10.1. The average molecular weight is 244 g/mol. The number of carbonyl (C=O) groups is 1. The molecule has 17 heavy (non-hydrogen) atoms. The highest BCUT2D eigenvalue weighted by atomic mass is 16.5. The summed E-state index contributed by atoms with van der Waals surface area (Å²) >= 11 is 0. The number of hydrogen-bond acceptors (Lipinski definition) is 4. The Labute approximate surface area is 103 Å². The molecule has 0 aromatic carbocycles. The Morgan fingerprint density at radius 3 is 2.94 bits per heavy atom. The second-order valence-electron chi connectivity index (χ2n) is 4.32. The maximum absolute atomic E-state index is 11.9. The monoisotopic (exact) mass is 244 g/mol. The van der Waals surface area contributed by atoms with Crippen molar-refractivity contribution in [1.82, 2.24) is 10.2 Å². The van der Waals surface area contributed by atoms with E-state index in [4.69, 9.17) is 9.47 Å². The molecular formula is C12H24N2O3. The van der Waals surface area contributed by atoms with Crippen LogP contribution in [0.3, 0.4) is 0 Å². The van der Waals surface area contributed by atoms with Crippen molar-refractivity contribution in [2.24, 2.45) is 0 Å². The molecule has 0 radical (unpaired) electrons. The molecule has 1 aliphatic rings. The number of likely N-dealkylation sites (tertiary alicyclic amines) is 1. The molecule has 1 atom stereocenters. The first kappa shape index (κ1) is 14.4. The molecule has 1 heterocycles. The first-order valence-electron chi connectivity index (χ1n) is 6.29. The largest absolute Gasteiger partial charge is 0.382 e. The number of piperidine rings is 1. The van der Waals surface area contributed by atoms with E-state index in [2.05, 4.69) is 5.32 Å². The van der Waals surface area contributed by atoms with Crippen molar-refractivity contribution in [1.29, 1.82) is 0 Å². The molecule has 0 saturated carbocycles. The number of ether oxygens (including phenoxy) is 2. The van der Waals surface area contributed by atoms with Gasteiger partial charge in [0.2, 0.25) is 5.91 Å². The van der Waals surface area contributed by atoms with E-state index < -0.39 is 0 Å². The summed E-state index contributed by atoms with van der Waals surface area (Å²) in [5.41, 5.74) is 0. The van der Waals surface area contributed by atoms with E-state index in [1.807, 2.05) is 11.9 Å². The van der Waals surface area contributed by atoms with Crippen LogP contribution in [-0.2, 0) is 14.3 Å². The van der Waals surface area contributed by atoms with E-state index in [1.165, 1.54) is 0 Å². The normalized spacial score (nSPS) is 20.6. The standard InChI is InChI=1S/C12H24N2O3/c1-13-11-4-3-6-14(10-11)12(15)5-7-17-9-8-16-2/h11,13H,3-10H2,1-2H3. The van der Waals surface area contributed by atoms with Gasteiger partial charge in [-0.2, -0.15) is 0 Å². The SMILES string of the molecule is CNC1CCCN(C(=O)CCOCCOC)C1. The van der Waals surface area contributed by atoms with Gasteiger partial charge in [-0.3, -0.25) is 4.79 Å². The number of nitrogens with one attached hydrogen (secondary N) is 1. The van der Waals surface area contributed by atoms with Gasteiger partial charge in [0.15, 0.2) is 0 Å². The maximum atomic E-state index is 11.9. The molecule has 1 N–H and O–H groups in total. The highest BCUT2D eigenvalue weighted by molar-refractivity contribution is 5.76.